The van der Waals surface area contributed by atoms with Crippen molar-refractivity contribution in [1.82, 2.24) is 0 Å². The molecule has 0 aliphatic heterocycles. The summed E-state index contributed by atoms with van der Waals surface area (Å²) in [5, 5.41) is 12.6. The van der Waals surface area contributed by atoms with Crippen LogP contribution in [0.5, 0.6) is 0 Å². The van der Waals surface area contributed by atoms with Crippen molar-refractivity contribution in [3.8, 4) is 0 Å². The van der Waals surface area contributed by atoms with Gasteiger partial charge in [0.1, 0.15) is 5.60 Å². The van der Waals surface area contributed by atoms with E-state index in [0.717, 1.165) is 11.1 Å². The van der Waals surface area contributed by atoms with Crippen LogP contribution in [-0.2, 0) is 5.60 Å². The standard InChI is InChI=1S/C13H13IOS/c1-9-7-11(8-16-9)13(2,15)10-3-5-12(14)6-4-10/h3-8,15H,1-2H3. The van der Waals surface area contributed by atoms with Gasteiger partial charge >= 0.3 is 0 Å². The van der Waals surface area contributed by atoms with E-state index in [2.05, 4.69) is 29.5 Å². The van der Waals surface area contributed by atoms with Crippen LogP contribution in [0.2, 0.25) is 0 Å². The summed E-state index contributed by atoms with van der Waals surface area (Å²) >= 11 is 3.93. The highest BCUT2D eigenvalue weighted by atomic mass is 127. The van der Waals surface area contributed by atoms with Gasteiger partial charge in [-0.15, -0.1) is 11.3 Å². The molecule has 16 heavy (non-hydrogen) atoms. The Hall–Kier alpha value is -0.390. The van der Waals surface area contributed by atoms with Gasteiger partial charge in [0, 0.05) is 8.45 Å². The Bertz CT molecular complexity index is 485. The second-order valence-corrected chi connectivity index (χ2v) is 6.39. The van der Waals surface area contributed by atoms with E-state index in [-0.39, 0.29) is 0 Å². The third kappa shape index (κ3) is 2.31. The molecular weight excluding hydrogens is 331 g/mol. The number of rotatable bonds is 2. The van der Waals surface area contributed by atoms with Crippen molar-refractivity contribution < 1.29 is 5.11 Å². The number of halogens is 1. The molecule has 0 spiro atoms. The van der Waals surface area contributed by atoms with Gasteiger partial charge in [-0.3, -0.25) is 0 Å². The first-order valence-corrected chi connectivity index (χ1v) is 7.00. The third-order valence-electron chi connectivity index (χ3n) is 2.70. The molecule has 0 radical (unpaired) electrons. The molecule has 0 saturated carbocycles. The molecule has 1 nitrogen and oxygen atoms in total. The first-order valence-electron chi connectivity index (χ1n) is 5.04. The molecule has 2 rings (SSSR count). The van der Waals surface area contributed by atoms with E-state index < -0.39 is 5.60 Å². The Morgan fingerprint density at radius 2 is 1.81 bits per heavy atom. The minimum absolute atomic E-state index is 0.894. The molecule has 1 atom stereocenters. The van der Waals surface area contributed by atoms with E-state index in [1.54, 1.807) is 11.3 Å². The number of hydrogen-bond donors (Lipinski definition) is 1. The van der Waals surface area contributed by atoms with Gasteiger partial charge in [-0.1, -0.05) is 12.1 Å². The zero-order valence-corrected chi connectivity index (χ0v) is 12.2. The number of hydrogen-bond acceptors (Lipinski definition) is 2. The average Bonchev–Trinajstić information content (AvgIpc) is 2.66. The van der Waals surface area contributed by atoms with E-state index >= 15 is 0 Å². The Balaban J connectivity index is 2.42. The van der Waals surface area contributed by atoms with Crippen LogP contribution >= 0.6 is 33.9 Å². The topological polar surface area (TPSA) is 20.2 Å². The fourth-order valence-corrected chi connectivity index (χ4v) is 2.80. The van der Waals surface area contributed by atoms with Gasteiger partial charge in [0.2, 0.25) is 0 Å². The molecule has 0 saturated heterocycles. The Morgan fingerprint density at radius 3 is 2.31 bits per heavy atom. The highest BCUT2D eigenvalue weighted by molar-refractivity contribution is 14.1. The van der Waals surface area contributed by atoms with Crippen molar-refractivity contribution in [2.45, 2.75) is 19.4 Å². The summed E-state index contributed by atoms with van der Waals surface area (Å²) in [7, 11) is 0. The Kier molecular flexibility index (Phi) is 3.37. The van der Waals surface area contributed by atoms with E-state index in [0.29, 0.717) is 0 Å². The first kappa shape index (κ1) is 12.1. The highest BCUT2D eigenvalue weighted by Gasteiger charge is 2.26. The SMILES string of the molecule is Cc1cc(C(C)(O)c2ccc(I)cc2)cs1. The monoisotopic (exact) mass is 344 g/mol. The normalized spacial score (nSPS) is 14.8. The van der Waals surface area contributed by atoms with Crippen molar-refractivity contribution in [1.29, 1.82) is 0 Å². The molecule has 3 heteroatoms. The smallest absolute Gasteiger partial charge is 0.113 e. The minimum Gasteiger partial charge on any atom is -0.381 e. The van der Waals surface area contributed by atoms with Gasteiger partial charge < -0.3 is 5.11 Å². The lowest BCUT2D eigenvalue weighted by molar-refractivity contribution is 0.103. The van der Waals surface area contributed by atoms with Gasteiger partial charge in [-0.2, -0.15) is 0 Å². The molecule has 1 unspecified atom stereocenters. The Morgan fingerprint density at radius 1 is 1.19 bits per heavy atom. The average molecular weight is 344 g/mol. The minimum atomic E-state index is -0.894. The van der Waals surface area contributed by atoms with E-state index in [9.17, 15) is 5.11 Å². The largest absolute Gasteiger partial charge is 0.381 e. The maximum absolute atomic E-state index is 10.6. The summed E-state index contributed by atoms with van der Waals surface area (Å²) < 4.78 is 1.18. The molecule has 1 aromatic heterocycles. The fourth-order valence-electron chi connectivity index (χ4n) is 1.64. The van der Waals surface area contributed by atoms with Crippen LogP contribution in [0.25, 0.3) is 0 Å². The van der Waals surface area contributed by atoms with Crippen LogP contribution in [0.4, 0.5) is 0 Å². The molecule has 1 heterocycles. The molecule has 0 aliphatic rings. The summed E-state index contributed by atoms with van der Waals surface area (Å²) in [5.41, 5.74) is 1.01. The number of aryl methyl sites for hydroxylation is 1. The van der Waals surface area contributed by atoms with E-state index in [1.807, 2.05) is 42.6 Å². The van der Waals surface area contributed by atoms with Crippen LogP contribution in [0, 0.1) is 10.5 Å². The lowest BCUT2D eigenvalue weighted by atomic mass is 9.90. The van der Waals surface area contributed by atoms with Crippen LogP contribution < -0.4 is 0 Å². The van der Waals surface area contributed by atoms with Gasteiger partial charge in [0.25, 0.3) is 0 Å². The fraction of sp³-hybridized carbons (Fsp3) is 0.231. The van der Waals surface area contributed by atoms with Gasteiger partial charge in [-0.05, 0) is 71.1 Å². The second kappa shape index (κ2) is 4.47. The summed E-state index contributed by atoms with van der Waals surface area (Å²) in [4.78, 5) is 1.22. The number of benzene rings is 1. The van der Waals surface area contributed by atoms with Crippen LogP contribution in [0.15, 0.2) is 35.7 Å². The maximum atomic E-state index is 10.6. The van der Waals surface area contributed by atoms with Crippen molar-refractivity contribution in [3.05, 3.63) is 55.3 Å². The molecule has 1 aromatic carbocycles. The summed E-state index contributed by atoms with van der Waals surface area (Å²) in [6.45, 7) is 3.90. The zero-order chi connectivity index (χ0) is 11.8. The molecule has 2 aromatic rings. The van der Waals surface area contributed by atoms with Gasteiger partial charge in [0.15, 0.2) is 0 Å². The van der Waals surface area contributed by atoms with E-state index in [4.69, 9.17) is 0 Å². The van der Waals surface area contributed by atoms with Crippen LogP contribution in [0.1, 0.15) is 22.9 Å². The third-order valence-corrected chi connectivity index (χ3v) is 4.28. The summed E-state index contributed by atoms with van der Waals surface area (Å²) in [6, 6.07) is 10.0. The molecule has 0 bridgehead atoms. The quantitative estimate of drug-likeness (QED) is 0.819. The molecule has 84 valence electrons. The lowest BCUT2D eigenvalue weighted by Crippen LogP contribution is -2.21. The van der Waals surface area contributed by atoms with E-state index in [1.165, 1.54) is 8.45 Å². The molecular formula is C13H13IOS. The Labute approximate surface area is 113 Å². The predicted octanol–water partition coefficient (Wildman–Crippen LogP) is 3.92. The van der Waals surface area contributed by atoms with Crippen LogP contribution in [-0.4, -0.2) is 5.11 Å². The number of aliphatic hydroxyl groups is 1. The zero-order valence-electron chi connectivity index (χ0n) is 9.20. The second-order valence-electron chi connectivity index (χ2n) is 4.03. The van der Waals surface area contributed by atoms with Gasteiger partial charge in [0.05, 0.1) is 0 Å². The molecule has 1 N–H and O–H groups in total. The number of thiophene rings is 1. The molecule has 0 aliphatic carbocycles. The summed E-state index contributed by atoms with van der Waals surface area (Å²) in [6.07, 6.45) is 0. The van der Waals surface area contributed by atoms with Crippen molar-refractivity contribution in [2.75, 3.05) is 0 Å². The summed E-state index contributed by atoms with van der Waals surface area (Å²) in [5.74, 6) is 0. The van der Waals surface area contributed by atoms with Crippen molar-refractivity contribution in [3.63, 3.8) is 0 Å². The van der Waals surface area contributed by atoms with Crippen molar-refractivity contribution >= 4 is 33.9 Å². The molecule has 0 amide bonds. The first-order chi connectivity index (χ1) is 7.50. The maximum Gasteiger partial charge on any atom is 0.113 e. The van der Waals surface area contributed by atoms with Gasteiger partial charge in [-0.25, -0.2) is 0 Å². The highest BCUT2D eigenvalue weighted by Crippen LogP contribution is 2.32. The van der Waals surface area contributed by atoms with Crippen molar-refractivity contribution in [2.24, 2.45) is 0 Å². The predicted molar refractivity (Wildman–Crippen MR) is 76.9 cm³/mol. The van der Waals surface area contributed by atoms with Crippen LogP contribution in [0.3, 0.4) is 0 Å². The molecule has 0 fully saturated rings. The lowest BCUT2D eigenvalue weighted by Gasteiger charge is -2.23.